The summed E-state index contributed by atoms with van der Waals surface area (Å²) in [7, 11) is 0. The molecule has 0 amide bonds. The summed E-state index contributed by atoms with van der Waals surface area (Å²) >= 11 is 0. The maximum Gasteiger partial charge on any atom is 0.302 e. The second kappa shape index (κ2) is 11.7. The molecule has 2 aromatic rings. The first-order valence-corrected chi connectivity index (χ1v) is 11.6. The number of carbonyl (C=O) groups is 1. The molecule has 0 saturated carbocycles. The minimum atomic E-state index is -1.28. The summed E-state index contributed by atoms with van der Waals surface area (Å²) in [5.41, 5.74) is 4.51. The Kier molecular flexibility index (Phi) is 8.48. The van der Waals surface area contributed by atoms with E-state index >= 15 is 0 Å². The van der Waals surface area contributed by atoms with Crippen molar-refractivity contribution in [1.82, 2.24) is 0 Å². The average molecular weight is 469 g/mol. The van der Waals surface area contributed by atoms with Crippen molar-refractivity contribution >= 4 is 5.97 Å². The van der Waals surface area contributed by atoms with Gasteiger partial charge in [0.1, 0.15) is 31.0 Å². The first-order valence-electron chi connectivity index (χ1n) is 11.6. The molecule has 34 heavy (non-hydrogen) atoms. The van der Waals surface area contributed by atoms with Gasteiger partial charge >= 0.3 is 5.97 Å². The highest BCUT2D eigenvalue weighted by atomic mass is 16.7. The standard InChI is InChI=1S/C27H32O7/c1-3-14-30-25-24-23(17-31-18(2)28)34-27(29)26(25)33-16-22-11-7-5-9-20(22)13-12-19-8-4-6-10-21(19)15-32-24/h3-11,23-27,29H,1,12-17H2,2H3/t23-,24-,25+,26-,27?/m1/s1. The van der Waals surface area contributed by atoms with Crippen LogP contribution in [0.1, 0.15) is 29.2 Å². The number of esters is 1. The number of ether oxygens (including phenoxy) is 5. The summed E-state index contributed by atoms with van der Waals surface area (Å²) in [5, 5.41) is 10.8. The molecule has 2 aliphatic rings. The van der Waals surface area contributed by atoms with Gasteiger partial charge in [-0.05, 0) is 35.1 Å². The number of aryl methyl sites for hydroxylation is 2. The summed E-state index contributed by atoms with van der Waals surface area (Å²) < 4.78 is 29.7. The SMILES string of the molecule is C=CCO[C@H]1[C@@H]2OCc3ccccc3CCc3ccccc3CO[C@H]1C(O)O[C@@H]2COC(C)=O. The summed E-state index contributed by atoms with van der Waals surface area (Å²) in [4.78, 5) is 11.5. The lowest BCUT2D eigenvalue weighted by Gasteiger charge is -2.44. The topological polar surface area (TPSA) is 83.5 Å². The van der Waals surface area contributed by atoms with Gasteiger partial charge in [0, 0.05) is 6.92 Å². The summed E-state index contributed by atoms with van der Waals surface area (Å²) in [6.07, 6.45) is -0.762. The van der Waals surface area contributed by atoms with Gasteiger partial charge in [-0.15, -0.1) is 6.58 Å². The third-order valence-electron chi connectivity index (χ3n) is 6.23. The van der Waals surface area contributed by atoms with Crippen LogP contribution >= 0.6 is 0 Å². The van der Waals surface area contributed by atoms with E-state index in [9.17, 15) is 9.90 Å². The van der Waals surface area contributed by atoms with Crippen LogP contribution in [0.15, 0.2) is 61.2 Å². The smallest absolute Gasteiger partial charge is 0.302 e. The van der Waals surface area contributed by atoms with Crippen molar-refractivity contribution in [2.75, 3.05) is 13.2 Å². The molecule has 5 atom stereocenters. The molecule has 2 bridgehead atoms. The maximum atomic E-state index is 11.5. The lowest BCUT2D eigenvalue weighted by Crippen LogP contribution is -2.61. The van der Waals surface area contributed by atoms with Crippen molar-refractivity contribution in [3.05, 3.63) is 83.4 Å². The quantitative estimate of drug-likeness (QED) is 0.533. The number of benzene rings is 2. The maximum absolute atomic E-state index is 11.5. The van der Waals surface area contributed by atoms with E-state index in [4.69, 9.17) is 23.7 Å². The van der Waals surface area contributed by atoms with E-state index in [0.29, 0.717) is 6.61 Å². The molecule has 0 spiro atoms. The Balaban J connectivity index is 1.70. The molecule has 1 saturated heterocycles. The van der Waals surface area contributed by atoms with Crippen molar-refractivity contribution in [2.24, 2.45) is 0 Å². The molecule has 0 radical (unpaired) electrons. The lowest BCUT2D eigenvalue weighted by molar-refractivity contribution is -0.313. The molecule has 4 rings (SSSR count). The Morgan fingerprint density at radius 3 is 2.12 bits per heavy atom. The zero-order valence-corrected chi connectivity index (χ0v) is 19.4. The Labute approximate surface area is 200 Å². The van der Waals surface area contributed by atoms with Crippen LogP contribution in [0.25, 0.3) is 0 Å². The van der Waals surface area contributed by atoms with Crippen molar-refractivity contribution in [2.45, 2.75) is 63.7 Å². The molecule has 1 unspecified atom stereocenters. The first kappa shape index (κ1) is 24.6. The summed E-state index contributed by atoms with van der Waals surface area (Å²) in [5.74, 6) is -0.438. The fourth-order valence-corrected chi connectivity index (χ4v) is 4.50. The third kappa shape index (κ3) is 5.92. The van der Waals surface area contributed by atoms with E-state index in [-0.39, 0.29) is 19.8 Å². The van der Waals surface area contributed by atoms with Crippen LogP contribution in [-0.4, -0.2) is 55.0 Å². The van der Waals surface area contributed by atoms with Crippen molar-refractivity contribution in [3.63, 3.8) is 0 Å². The zero-order chi connectivity index (χ0) is 23.9. The molecule has 2 heterocycles. The van der Waals surface area contributed by atoms with Gasteiger partial charge in [0.2, 0.25) is 0 Å². The van der Waals surface area contributed by atoms with Gasteiger partial charge in [-0.2, -0.15) is 0 Å². The largest absolute Gasteiger partial charge is 0.463 e. The number of aliphatic hydroxyl groups is 1. The average Bonchev–Trinajstić information content (AvgIpc) is 2.84. The summed E-state index contributed by atoms with van der Waals surface area (Å²) in [6.45, 7) is 5.85. The number of hydrogen-bond acceptors (Lipinski definition) is 7. The van der Waals surface area contributed by atoms with E-state index in [1.807, 2.05) is 36.4 Å². The van der Waals surface area contributed by atoms with E-state index in [0.717, 1.165) is 24.0 Å². The van der Waals surface area contributed by atoms with Crippen LogP contribution in [0.4, 0.5) is 0 Å². The molecule has 2 aliphatic heterocycles. The highest BCUT2D eigenvalue weighted by Crippen LogP contribution is 2.30. The monoisotopic (exact) mass is 468 g/mol. The van der Waals surface area contributed by atoms with Crippen molar-refractivity contribution in [1.29, 1.82) is 0 Å². The Bertz CT molecular complexity index is 975. The van der Waals surface area contributed by atoms with Gasteiger partial charge in [-0.1, -0.05) is 54.6 Å². The Morgan fingerprint density at radius 2 is 1.56 bits per heavy atom. The number of rotatable bonds is 5. The third-order valence-corrected chi connectivity index (χ3v) is 6.23. The summed E-state index contributed by atoms with van der Waals surface area (Å²) in [6, 6.07) is 16.3. The van der Waals surface area contributed by atoms with Gasteiger partial charge < -0.3 is 28.8 Å². The fraction of sp³-hybridized carbons (Fsp3) is 0.444. The highest BCUT2D eigenvalue weighted by Gasteiger charge is 2.48. The molecular weight excluding hydrogens is 436 g/mol. The van der Waals surface area contributed by atoms with Gasteiger partial charge in [0.15, 0.2) is 6.29 Å². The van der Waals surface area contributed by atoms with E-state index in [1.54, 1.807) is 6.08 Å². The molecule has 1 N–H and O–H groups in total. The van der Waals surface area contributed by atoms with Crippen LogP contribution < -0.4 is 0 Å². The number of hydrogen-bond donors (Lipinski definition) is 1. The van der Waals surface area contributed by atoms with Gasteiger partial charge in [0.05, 0.1) is 19.8 Å². The van der Waals surface area contributed by atoms with Crippen LogP contribution in [0.5, 0.6) is 0 Å². The number of carbonyl (C=O) groups excluding carboxylic acids is 1. The minimum absolute atomic E-state index is 0.0673. The molecule has 2 aromatic carbocycles. The molecule has 0 aromatic heterocycles. The van der Waals surface area contributed by atoms with E-state index in [2.05, 4.69) is 18.7 Å². The minimum Gasteiger partial charge on any atom is -0.463 e. The Hall–Kier alpha value is -2.55. The zero-order valence-electron chi connectivity index (χ0n) is 19.4. The molecule has 0 aliphatic carbocycles. The molecule has 182 valence electrons. The van der Waals surface area contributed by atoms with Crippen molar-refractivity contribution < 1.29 is 33.6 Å². The van der Waals surface area contributed by atoms with Gasteiger partial charge in [0.25, 0.3) is 0 Å². The van der Waals surface area contributed by atoms with Gasteiger partial charge in [-0.25, -0.2) is 0 Å². The predicted octanol–water partition coefficient (Wildman–Crippen LogP) is 3.11. The fourth-order valence-electron chi connectivity index (χ4n) is 4.50. The molecule has 1 fully saturated rings. The second-order valence-corrected chi connectivity index (χ2v) is 8.54. The van der Waals surface area contributed by atoms with E-state index < -0.39 is 36.7 Å². The van der Waals surface area contributed by atoms with Crippen LogP contribution in [-0.2, 0) is 54.5 Å². The van der Waals surface area contributed by atoms with E-state index in [1.165, 1.54) is 18.1 Å². The molecule has 7 heteroatoms. The highest BCUT2D eigenvalue weighted by molar-refractivity contribution is 5.65. The number of aliphatic hydroxyl groups excluding tert-OH is 1. The second-order valence-electron chi connectivity index (χ2n) is 8.54. The molecular formula is C27H32O7. The lowest BCUT2D eigenvalue weighted by atomic mass is 9.97. The Morgan fingerprint density at radius 1 is 1.00 bits per heavy atom. The van der Waals surface area contributed by atoms with Crippen LogP contribution in [0, 0.1) is 0 Å². The first-order chi connectivity index (χ1) is 16.6. The molecule has 7 nitrogen and oxygen atoms in total. The van der Waals surface area contributed by atoms with Crippen LogP contribution in [0.2, 0.25) is 0 Å². The van der Waals surface area contributed by atoms with Gasteiger partial charge in [-0.3, -0.25) is 4.79 Å². The van der Waals surface area contributed by atoms with Crippen molar-refractivity contribution in [3.8, 4) is 0 Å². The number of fused-ring (bicyclic) bond motifs is 4. The van der Waals surface area contributed by atoms with Crippen LogP contribution in [0.3, 0.4) is 0 Å². The predicted molar refractivity (Wildman–Crippen MR) is 125 cm³/mol. The normalized spacial score (nSPS) is 27.2.